The van der Waals surface area contributed by atoms with Gasteiger partial charge in [-0.3, -0.25) is 9.89 Å². The maximum Gasteiger partial charge on any atom is 0.240 e. The Hall–Kier alpha value is -1.75. The number of carbonyl (C=O) groups excluding carboxylic acids is 1. The van der Waals surface area contributed by atoms with Crippen molar-refractivity contribution in [3.05, 3.63) is 39.9 Å². The molecule has 0 bridgehead atoms. The second kappa shape index (κ2) is 8.56. The summed E-state index contributed by atoms with van der Waals surface area (Å²) in [5.41, 5.74) is 0. The van der Waals surface area contributed by atoms with E-state index in [1.54, 1.807) is 16.7 Å². The average Bonchev–Trinajstić information content (AvgIpc) is 2.92. The van der Waals surface area contributed by atoms with Crippen molar-refractivity contribution in [2.24, 2.45) is 0 Å². The van der Waals surface area contributed by atoms with Gasteiger partial charge in [0.2, 0.25) is 15.9 Å². The first-order valence-corrected chi connectivity index (χ1v) is 9.76. The van der Waals surface area contributed by atoms with Crippen molar-refractivity contribution in [2.75, 3.05) is 6.54 Å². The van der Waals surface area contributed by atoms with Gasteiger partial charge < -0.3 is 9.88 Å². The number of halogens is 1. The molecule has 0 saturated heterocycles. The Labute approximate surface area is 155 Å². The number of nitrogens with one attached hydrogen (secondary N) is 3. The number of rotatable bonds is 8. The molecule has 0 aliphatic carbocycles. The highest BCUT2D eigenvalue weighted by Gasteiger charge is 2.14. The summed E-state index contributed by atoms with van der Waals surface area (Å²) >= 11 is 10.9. The summed E-state index contributed by atoms with van der Waals surface area (Å²) < 4.78 is 28.8. The van der Waals surface area contributed by atoms with Crippen LogP contribution in [0, 0.1) is 4.77 Å². The molecule has 0 radical (unpaired) electrons. The molecule has 0 aliphatic heterocycles. The monoisotopic (exact) mass is 403 g/mol. The van der Waals surface area contributed by atoms with Gasteiger partial charge in [-0.1, -0.05) is 17.7 Å². The maximum absolute atomic E-state index is 12.1. The number of H-pyrrole nitrogens is 1. The number of hydrogen-bond donors (Lipinski definition) is 3. The highest BCUT2D eigenvalue weighted by Crippen LogP contribution is 2.15. The Balaban J connectivity index is 1.83. The number of benzene rings is 1. The number of aromatic amines is 1. The van der Waals surface area contributed by atoms with Crippen LogP contribution in [-0.2, 0) is 27.9 Å². The molecule has 11 heteroatoms. The Kier molecular flexibility index (Phi) is 6.71. The molecule has 1 aromatic heterocycles. The number of sulfonamides is 1. The van der Waals surface area contributed by atoms with Crippen LogP contribution in [0.25, 0.3) is 0 Å². The lowest BCUT2D eigenvalue weighted by molar-refractivity contribution is -0.121. The van der Waals surface area contributed by atoms with Crippen molar-refractivity contribution in [2.45, 2.75) is 31.3 Å². The summed E-state index contributed by atoms with van der Waals surface area (Å²) in [4.78, 5) is 11.9. The SMILES string of the molecule is CCn1c(CNC(=O)CCNS(=O)(=O)c2cccc(Cl)c2)n[nH]c1=S. The molecule has 8 nitrogen and oxygen atoms in total. The predicted octanol–water partition coefficient (Wildman–Crippen LogP) is 1.60. The molecule has 1 amide bonds. The first-order chi connectivity index (χ1) is 11.8. The largest absolute Gasteiger partial charge is 0.349 e. The van der Waals surface area contributed by atoms with Crippen molar-refractivity contribution >= 4 is 39.7 Å². The normalized spacial score (nSPS) is 11.4. The van der Waals surface area contributed by atoms with Crippen molar-refractivity contribution < 1.29 is 13.2 Å². The lowest BCUT2D eigenvalue weighted by Gasteiger charge is -2.08. The summed E-state index contributed by atoms with van der Waals surface area (Å²) in [7, 11) is -3.70. The van der Waals surface area contributed by atoms with E-state index in [9.17, 15) is 13.2 Å². The Morgan fingerprint density at radius 1 is 1.44 bits per heavy atom. The second-order valence-corrected chi connectivity index (χ2v) is 7.66. The van der Waals surface area contributed by atoms with E-state index in [-0.39, 0.29) is 30.3 Å². The molecule has 25 heavy (non-hydrogen) atoms. The molecule has 136 valence electrons. The van der Waals surface area contributed by atoms with E-state index in [0.717, 1.165) is 0 Å². The van der Waals surface area contributed by atoms with E-state index in [1.807, 2.05) is 6.92 Å². The van der Waals surface area contributed by atoms with Crippen LogP contribution in [0.5, 0.6) is 0 Å². The number of hydrogen-bond acceptors (Lipinski definition) is 5. The minimum atomic E-state index is -3.70. The average molecular weight is 404 g/mol. The molecule has 2 rings (SSSR count). The van der Waals surface area contributed by atoms with E-state index in [0.29, 0.717) is 22.2 Å². The molecule has 0 fully saturated rings. The van der Waals surface area contributed by atoms with Gasteiger partial charge in [-0.05, 0) is 37.3 Å². The molecular formula is C14H18ClN5O3S2. The van der Waals surface area contributed by atoms with Crippen LogP contribution in [0.2, 0.25) is 5.02 Å². The summed E-state index contributed by atoms with van der Waals surface area (Å²) in [5.74, 6) is 0.311. The molecule has 0 saturated carbocycles. The van der Waals surface area contributed by atoms with Crippen molar-refractivity contribution in [1.82, 2.24) is 24.8 Å². The lowest BCUT2D eigenvalue weighted by atomic mass is 10.4. The second-order valence-electron chi connectivity index (χ2n) is 5.07. The van der Waals surface area contributed by atoms with Gasteiger partial charge in [0, 0.05) is 24.5 Å². The summed E-state index contributed by atoms with van der Waals surface area (Å²) in [6.07, 6.45) is -0.00290. The molecule has 0 aliphatic rings. The van der Waals surface area contributed by atoms with E-state index in [2.05, 4.69) is 20.2 Å². The van der Waals surface area contributed by atoms with Crippen LogP contribution >= 0.6 is 23.8 Å². The number of aromatic nitrogens is 3. The van der Waals surface area contributed by atoms with Crippen molar-refractivity contribution in [1.29, 1.82) is 0 Å². The fraction of sp³-hybridized carbons (Fsp3) is 0.357. The summed E-state index contributed by atoms with van der Waals surface area (Å²) in [5, 5.41) is 9.69. The van der Waals surface area contributed by atoms with Gasteiger partial charge in [0.15, 0.2) is 10.6 Å². The quantitative estimate of drug-likeness (QED) is 0.580. The zero-order chi connectivity index (χ0) is 18.4. The molecule has 2 aromatic rings. The zero-order valence-corrected chi connectivity index (χ0v) is 15.8. The fourth-order valence-electron chi connectivity index (χ4n) is 2.09. The van der Waals surface area contributed by atoms with Gasteiger partial charge >= 0.3 is 0 Å². The molecule has 0 unspecified atom stereocenters. The molecular weight excluding hydrogens is 386 g/mol. The van der Waals surface area contributed by atoms with Crippen LogP contribution in [0.1, 0.15) is 19.2 Å². The van der Waals surface area contributed by atoms with Gasteiger partial charge in [-0.25, -0.2) is 13.1 Å². The van der Waals surface area contributed by atoms with Crippen LogP contribution < -0.4 is 10.0 Å². The van der Waals surface area contributed by atoms with Gasteiger partial charge in [-0.15, -0.1) is 0 Å². The van der Waals surface area contributed by atoms with Crippen LogP contribution in [0.15, 0.2) is 29.2 Å². The third-order valence-corrected chi connectivity index (χ3v) is 5.35. The van der Waals surface area contributed by atoms with Crippen LogP contribution in [-0.4, -0.2) is 35.6 Å². The summed E-state index contributed by atoms with van der Waals surface area (Å²) in [6, 6.07) is 5.91. The summed E-state index contributed by atoms with van der Waals surface area (Å²) in [6.45, 7) is 2.74. The van der Waals surface area contributed by atoms with Crippen LogP contribution in [0.4, 0.5) is 0 Å². The van der Waals surface area contributed by atoms with E-state index in [4.69, 9.17) is 23.8 Å². The Morgan fingerprint density at radius 2 is 2.20 bits per heavy atom. The Morgan fingerprint density at radius 3 is 2.88 bits per heavy atom. The van der Waals surface area contributed by atoms with E-state index >= 15 is 0 Å². The van der Waals surface area contributed by atoms with Gasteiger partial charge in [-0.2, -0.15) is 5.10 Å². The maximum atomic E-state index is 12.1. The zero-order valence-electron chi connectivity index (χ0n) is 13.5. The third kappa shape index (κ3) is 5.36. The standard InChI is InChI=1S/C14H18ClN5O3S2/c1-2-20-12(18-19-14(20)24)9-16-13(21)6-7-17-25(22,23)11-5-3-4-10(15)8-11/h3-5,8,17H,2,6-7,9H2,1H3,(H,16,21)(H,19,24). The van der Waals surface area contributed by atoms with Crippen LogP contribution in [0.3, 0.4) is 0 Å². The minimum absolute atomic E-state index is 0.00290. The van der Waals surface area contributed by atoms with Gasteiger partial charge in [0.25, 0.3) is 0 Å². The lowest BCUT2D eigenvalue weighted by Crippen LogP contribution is -2.31. The molecule has 0 spiro atoms. The van der Waals surface area contributed by atoms with Gasteiger partial charge in [0.05, 0.1) is 11.4 Å². The third-order valence-electron chi connectivity index (χ3n) is 3.35. The first kappa shape index (κ1) is 19.6. The van der Waals surface area contributed by atoms with Crippen molar-refractivity contribution in [3.8, 4) is 0 Å². The van der Waals surface area contributed by atoms with E-state index < -0.39 is 10.0 Å². The van der Waals surface area contributed by atoms with Crippen molar-refractivity contribution in [3.63, 3.8) is 0 Å². The van der Waals surface area contributed by atoms with Gasteiger partial charge in [0.1, 0.15) is 0 Å². The number of carbonyl (C=O) groups is 1. The molecule has 1 aromatic carbocycles. The molecule has 1 heterocycles. The fourth-order valence-corrected chi connectivity index (χ4v) is 3.71. The highest BCUT2D eigenvalue weighted by molar-refractivity contribution is 7.89. The minimum Gasteiger partial charge on any atom is -0.349 e. The topological polar surface area (TPSA) is 109 Å². The smallest absolute Gasteiger partial charge is 0.240 e. The number of amides is 1. The predicted molar refractivity (Wildman–Crippen MR) is 96.2 cm³/mol. The first-order valence-electron chi connectivity index (χ1n) is 7.49. The van der Waals surface area contributed by atoms with E-state index in [1.165, 1.54) is 12.1 Å². The number of nitrogens with zero attached hydrogens (tertiary/aromatic N) is 2. The molecule has 0 atom stereocenters. The molecule has 3 N–H and O–H groups in total. The Bertz CT molecular complexity index is 907. The highest BCUT2D eigenvalue weighted by atomic mass is 35.5.